The fourth-order valence-corrected chi connectivity index (χ4v) is 5.47. The highest BCUT2D eigenvalue weighted by Crippen LogP contribution is 2.39. The Morgan fingerprint density at radius 1 is 1.11 bits per heavy atom. The maximum absolute atomic E-state index is 12.8. The molecular formula is C28H25ClN4O3S. The van der Waals surface area contributed by atoms with Crippen molar-refractivity contribution in [1.29, 1.82) is 0 Å². The summed E-state index contributed by atoms with van der Waals surface area (Å²) in [5.74, 6) is 0.120. The number of amidine groups is 1. The average Bonchev–Trinajstić information content (AvgIpc) is 3.50. The van der Waals surface area contributed by atoms with E-state index in [1.165, 1.54) is 17.3 Å². The van der Waals surface area contributed by atoms with E-state index in [1.54, 1.807) is 31.4 Å². The van der Waals surface area contributed by atoms with Crippen molar-refractivity contribution in [3.05, 3.63) is 94.5 Å². The topological polar surface area (TPSA) is 83.4 Å². The first kappa shape index (κ1) is 25.0. The number of benzene rings is 3. The molecule has 2 amide bonds. The first-order valence-electron chi connectivity index (χ1n) is 11.8. The van der Waals surface area contributed by atoms with Crippen LogP contribution in [0.4, 0.5) is 5.69 Å². The summed E-state index contributed by atoms with van der Waals surface area (Å²) in [5, 5.41) is 9.78. The molecule has 2 atom stereocenters. The summed E-state index contributed by atoms with van der Waals surface area (Å²) >= 11 is 7.42. The Bertz CT molecular complexity index is 1390. The highest BCUT2D eigenvalue weighted by Gasteiger charge is 2.39. The van der Waals surface area contributed by atoms with Crippen molar-refractivity contribution in [3.63, 3.8) is 0 Å². The van der Waals surface area contributed by atoms with Crippen molar-refractivity contribution >= 4 is 51.7 Å². The van der Waals surface area contributed by atoms with E-state index in [1.807, 2.05) is 36.2 Å². The molecule has 2 aliphatic heterocycles. The standard InChI is InChI=1S/C28H25ClN4O3S/c1-17-7-9-18(10-8-17)23-15-24(19-11-13-20(36-2)14-12-19)33(32-23)28-31-27(35)25(37-28)16-26(34)30-22-6-4-3-5-21(22)29/h3-14,24-25H,15-16H2,1-2H3,(H,30,34)/t24-,25-/m0/s1. The van der Waals surface area contributed by atoms with E-state index in [0.717, 1.165) is 22.6 Å². The highest BCUT2D eigenvalue weighted by atomic mass is 35.5. The van der Waals surface area contributed by atoms with Gasteiger partial charge in [0.05, 0.1) is 29.6 Å². The van der Waals surface area contributed by atoms with Crippen LogP contribution >= 0.6 is 23.4 Å². The Balaban J connectivity index is 1.36. The van der Waals surface area contributed by atoms with Crippen LogP contribution in [0.3, 0.4) is 0 Å². The lowest BCUT2D eigenvalue weighted by Crippen LogP contribution is -2.25. The third-order valence-corrected chi connectivity index (χ3v) is 7.71. The van der Waals surface area contributed by atoms with Crippen LogP contribution < -0.4 is 10.1 Å². The van der Waals surface area contributed by atoms with E-state index in [9.17, 15) is 9.59 Å². The number of ether oxygens (including phenoxy) is 1. The van der Waals surface area contributed by atoms with Crippen LogP contribution in [-0.4, -0.2) is 40.1 Å². The number of aryl methyl sites for hydroxylation is 1. The second-order valence-corrected chi connectivity index (χ2v) is 10.4. The summed E-state index contributed by atoms with van der Waals surface area (Å²) in [7, 11) is 1.63. The Hall–Kier alpha value is -3.62. The number of methoxy groups -OCH3 is 1. The fourth-order valence-electron chi connectivity index (χ4n) is 4.23. The number of amides is 2. The van der Waals surface area contributed by atoms with Gasteiger partial charge in [-0.15, -0.1) is 0 Å². The molecular weight excluding hydrogens is 508 g/mol. The fraction of sp³-hybridized carbons (Fsp3) is 0.214. The molecule has 1 N–H and O–H groups in total. The van der Waals surface area contributed by atoms with Gasteiger partial charge in [-0.3, -0.25) is 9.59 Å². The molecule has 0 fully saturated rings. The number of carbonyl (C=O) groups excluding carboxylic acids is 2. The molecule has 0 unspecified atom stereocenters. The predicted molar refractivity (Wildman–Crippen MR) is 148 cm³/mol. The number of thioether (sulfide) groups is 1. The molecule has 0 spiro atoms. The molecule has 0 aromatic heterocycles. The van der Waals surface area contributed by atoms with Gasteiger partial charge in [0, 0.05) is 12.8 Å². The SMILES string of the molecule is COc1ccc([C@@H]2CC(c3ccc(C)cc3)=NN2C2=NC(=O)[C@H](CC(=O)Nc3ccccc3Cl)S2)cc1. The van der Waals surface area contributed by atoms with Crippen molar-refractivity contribution < 1.29 is 14.3 Å². The number of nitrogens with zero attached hydrogens (tertiary/aromatic N) is 3. The maximum atomic E-state index is 12.8. The first-order chi connectivity index (χ1) is 17.9. The zero-order valence-corrected chi connectivity index (χ0v) is 21.9. The van der Waals surface area contributed by atoms with Gasteiger partial charge in [0.15, 0.2) is 5.17 Å². The summed E-state index contributed by atoms with van der Waals surface area (Å²) in [6, 6.07) is 22.9. The minimum atomic E-state index is -0.632. The first-order valence-corrected chi connectivity index (χ1v) is 13.1. The summed E-state index contributed by atoms with van der Waals surface area (Å²) in [4.78, 5) is 29.8. The van der Waals surface area contributed by atoms with E-state index in [4.69, 9.17) is 21.4 Å². The van der Waals surface area contributed by atoms with Gasteiger partial charge in [-0.05, 0) is 42.3 Å². The van der Waals surface area contributed by atoms with Crippen LogP contribution in [0.2, 0.25) is 5.02 Å². The molecule has 0 aliphatic carbocycles. The Labute approximate surface area is 224 Å². The van der Waals surface area contributed by atoms with Crippen molar-refractivity contribution in [2.45, 2.75) is 31.1 Å². The van der Waals surface area contributed by atoms with Crippen molar-refractivity contribution in [2.24, 2.45) is 10.1 Å². The Morgan fingerprint density at radius 3 is 2.54 bits per heavy atom. The maximum Gasteiger partial charge on any atom is 0.262 e. The number of hydrogen-bond donors (Lipinski definition) is 1. The predicted octanol–water partition coefficient (Wildman–Crippen LogP) is 5.83. The molecule has 188 valence electrons. The third kappa shape index (κ3) is 5.55. The molecule has 3 aromatic carbocycles. The van der Waals surface area contributed by atoms with E-state index in [2.05, 4.69) is 34.6 Å². The lowest BCUT2D eigenvalue weighted by molar-refractivity contribution is -0.121. The van der Waals surface area contributed by atoms with Crippen LogP contribution in [0.15, 0.2) is 82.9 Å². The van der Waals surface area contributed by atoms with Crippen LogP contribution in [0, 0.1) is 6.92 Å². The number of hydrogen-bond acceptors (Lipinski definition) is 6. The van der Waals surface area contributed by atoms with Gasteiger partial charge in [-0.1, -0.05) is 77.5 Å². The van der Waals surface area contributed by atoms with Crippen molar-refractivity contribution in [3.8, 4) is 5.75 Å². The second-order valence-electron chi connectivity index (χ2n) is 8.82. The van der Waals surface area contributed by atoms with E-state index in [0.29, 0.717) is 22.3 Å². The minimum absolute atomic E-state index is 0.0166. The molecule has 2 aliphatic rings. The molecule has 0 bridgehead atoms. The molecule has 37 heavy (non-hydrogen) atoms. The summed E-state index contributed by atoms with van der Waals surface area (Å²) in [6.07, 6.45) is 0.637. The Morgan fingerprint density at radius 2 is 1.84 bits per heavy atom. The van der Waals surface area contributed by atoms with Gasteiger partial charge in [0.25, 0.3) is 5.91 Å². The van der Waals surface area contributed by atoms with E-state index >= 15 is 0 Å². The molecule has 5 rings (SSSR count). The smallest absolute Gasteiger partial charge is 0.262 e. The number of rotatable bonds is 6. The minimum Gasteiger partial charge on any atom is -0.497 e. The molecule has 0 saturated heterocycles. The van der Waals surface area contributed by atoms with Crippen molar-refractivity contribution in [1.82, 2.24) is 5.01 Å². The zero-order chi connectivity index (χ0) is 25.9. The van der Waals surface area contributed by atoms with Crippen LogP contribution in [-0.2, 0) is 9.59 Å². The van der Waals surface area contributed by atoms with Crippen LogP contribution in [0.25, 0.3) is 0 Å². The highest BCUT2D eigenvalue weighted by molar-refractivity contribution is 8.15. The second kappa shape index (κ2) is 10.8. The van der Waals surface area contributed by atoms with Crippen LogP contribution in [0.1, 0.15) is 35.6 Å². The summed E-state index contributed by atoms with van der Waals surface area (Å²) in [5.41, 5.74) is 4.65. The van der Waals surface area contributed by atoms with Gasteiger partial charge in [0.1, 0.15) is 11.0 Å². The Kier molecular flexibility index (Phi) is 7.30. The number of aliphatic imine (C=N–C) groups is 1. The van der Waals surface area contributed by atoms with Gasteiger partial charge in [0.2, 0.25) is 5.91 Å². The van der Waals surface area contributed by atoms with Gasteiger partial charge in [-0.25, -0.2) is 5.01 Å². The van der Waals surface area contributed by atoms with E-state index in [-0.39, 0.29) is 24.3 Å². The number of anilines is 1. The number of hydrazone groups is 1. The number of nitrogens with one attached hydrogen (secondary N) is 1. The number of carbonyl (C=O) groups is 2. The monoisotopic (exact) mass is 532 g/mol. The molecule has 0 radical (unpaired) electrons. The quantitative estimate of drug-likeness (QED) is 0.431. The summed E-state index contributed by atoms with van der Waals surface area (Å²) < 4.78 is 5.31. The average molecular weight is 533 g/mol. The van der Waals surface area contributed by atoms with Crippen LogP contribution in [0.5, 0.6) is 5.75 Å². The van der Waals surface area contributed by atoms with Gasteiger partial charge < -0.3 is 10.1 Å². The number of para-hydroxylation sites is 1. The lowest BCUT2D eigenvalue weighted by Gasteiger charge is -2.23. The van der Waals surface area contributed by atoms with Crippen molar-refractivity contribution in [2.75, 3.05) is 12.4 Å². The molecule has 2 heterocycles. The lowest BCUT2D eigenvalue weighted by atomic mass is 9.98. The molecule has 3 aromatic rings. The van der Waals surface area contributed by atoms with E-state index < -0.39 is 5.25 Å². The normalized spacial score (nSPS) is 19.0. The molecule has 9 heteroatoms. The number of halogens is 1. The van der Waals surface area contributed by atoms with Gasteiger partial charge in [-0.2, -0.15) is 10.1 Å². The third-order valence-electron chi connectivity index (χ3n) is 6.24. The largest absolute Gasteiger partial charge is 0.497 e. The summed E-state index contributed by atoms with van der Waals surface area (Å²) in [6.45, 7) is 2.05. The molecule has 0 saturated carbocycles. The molecule has 7 nitrogen and oxygen atoms in total. The van der Waals surface area contributed by atoms with Gasteiger partial charge >= 0.3 is 0 Å². The zero-order valence-electron chi connectivity index (χ0n) is 20.3.